The second-order valence-electron chi connectivity index (χ2n) is 5.74. The number of hydrazone groups is 1. The van der Waals surface area contributed by atoms with Gasteiger partial charge < -0.3 is 5.32 Å². The summed E-state index contributed by atoms with van der Waals surface area (Å²) in [5, 5.41) is 12.6. The number of nitrogens with zero attached hydrogens (tertiary/aromatic N) is 7. The van der Waals surface area contributed by atoms with Crippen molar-refractivity contribution in [1.29, 1.82) is 0 Å². The monoisotopic (exact) mass is 350 g/mol. The molecule has 26 heavy (non-hydrogen) atoms. The molecule has 2 aliphatic rings. The fourth-order valence-corrected chi connectivity index (χ4v) is 2.62. The Morgan fingerprint density at radius 1 is 1.27 bits per heavy atom. The molecule has 2 aromatic heterocycles. The molecule has 4 rings (SSSR count). The Morgan fingerprint density at radius 2 is 2.12 bits per heavy atom. The fourth-order valence-electron chi connectivity index (χ4n) is 2.62. The van der Waals surface area contributed by atoms with E-state index in [9.17, 15) is 9.59 Å². The molecule has 0 aromatic carbocycles. The number of aliphatic imine (C=N–C) groups is 2. The fraction of sp³-hybridized carbons (Fsp3) is 0.188. The van der Waals surface area contributed by atoms with E-state index in [1.54, 1.807) is 38.2 Å². The summed E-state index contributed by atoms with van der Waals surface area (Å²) >= 11 is 0. The van der Waals surface area contributed by atoms with E-state index < -0.39 is 11.8 Å². The van der Waals surface area contributed by atoms with E-state index in [-0.39, 0.29) is 17.6 Å². The molecule has 130 valence electrons. The highest BCUT2D eigenvalue weighted by Crippen LogP contribution is 2.19. The Kier molecular flexibility index (Phi) is 3.64. The number of pyridine rings is 1. The molecule has 1 unspecified atom stereocenters. The van der Waals surface area contributed by atoms with Gasteiger partial charge in [0.1, 0.15) is 23.3 Å². The van der Waals surface area contributed by atoms with Crippen LogP contribution in [0.15, 0.2) is 45.5 Å². The summed E-state index contributed by atoms with van der Waals surface area (Å²) in [7, 11) is 1.70. The SMILES string of the molecule is Cc1cc(NC(=O)c2ccccn2)n(C2=NC(=O)C3C=NN(C)C3=N2)n1. The Balaban J connectivity index is 1.68. The predicted octanol–water partition coefficient (Wildman–Crippen LogP) is 0.529. The van der Waals surface area contributed by atoms with Gasteiger partial charge in [0.25, 0.3) is 17.8 Å². The summed E-state index contributed by atoms with van der Waals surface area (Å²) < 4.78 is 1.32. The molecule has 10 nitrogen and oxygen atoms in total. The van der Waals surface area contributed by atoms with E-state index in [0.717, 1.165) is 0 Å². The molecule has 2 aromatic rings. The molecule has 0 saturated heterocycles. The number of carbonyl (C=O) groups excluding carboxylic acids is 2. The number of rotatable bonds is 2. The van der Waals surface area contributed by atoms with Crippen LogP contribution < -0.4 is 5.32 Å². The summed E-state index contributed by atoms with van der Waals surface area (Å²) in [6.45, 7) is 1.76. The van der Waals surface area contributed by atoms with Gasteiger partial charge in [-0.3, -0.25) is 19.6 Å². The highest BCUT2D eigenvalue weighted by Gasteiger charge is 2.35. The molecule has 10 heteroatoms. The van der Waals surface area contributed by atoms with Gasteiger partial charge >= 0.3 is 0 Å². The number of carbonyl (C=O) groups is 2. The van der Waals surface area contributed by atoms with Crippen molar-refractivity contribution < 1.29 is 9.59 Å². The van der Waals surface area contributed by atoms with Crippen molar-refractivity contribution in [2.75, 3.05) is 12.4 Å². The number of hydrogen-bond donors (Lipinski definition) is 1. The molecule has 0 fully saturated rings. The molecule has 2 aliphatic heterocycles. The van der Waals surface area contributed by atoms with Crippen molar-refractivity contribution >= 4 is 35.6 Å². The first-order valence-electron chi connectivity index (χ1n) is 7.81. The van der Waals surface area contributed by atoms with Gasteiger partial charge in [-0.1, -0.05) is 6.07 Å². The number of anilines is 1. The number of fused-ring (bicyclic) bond motifs is 1. The van der Waals surface area contributed by atoms with Gasteiger partial charge in [-0.25, -0.2) is 0 Å². The minimum absolute atomic E-state index is 0.0722. The third-order valence-corrected chi connectivity index (χ3v) is 3.85. The molecule has 1 N–H and O–H groups in total. The average Bonchev–Trinajstić information content (AvgIpc) is 3.19. The smallest absolute Gasteiger partial charge is 0.275 e. The van der Waals surface area contributed by atoms with E-state index in [4.69, 9.17) is 0 Å². The lowest BCUT2D eigenvalue weighted by Crippen LogP contribution is -2.35. The quantitative estimate of drug-likeness (QED) is 0.848. The van der Waals surface area contributed by atoms with Crippen LogP contribution in [0, 0.1) is 12.8 Å². The summed E-state index contributed by atoms with van der Waals surface area (Å²) in [5.41, 5.74) is 0.893. The highest BCUT2D eigenvalue weighted by molar-refractivity contribution is 6.24. The van der Waals surface area contributed by atoms with Crippen molar-refractivity contribution in [1.82, 2.24) is 19.8 Å². The van der Waals surface area contributed by atoms with Gasteiger partial charge in [-0.2, -0.15) is 24.9 Å². The van der Waals surface area contributed by atoms with Crippen LogP contribution >= 0.6 is 0 Å². The van der Waals surface area contributed by atoms with Crippen LogP contribution in [0.3, 0.4) is 0 Å². The maximum absolute atomic E-state index is 12.4. The minimum Gasteiger partial charge on any atom is -0.305 e. The van der Waals surface area contributed by atoms with Crippen molar-refractivity contribution in [3.05, 3.63) is 41.9 Å². The van der Waals surface area contributed by atoms with Crippen LogP contribution in [0.2, 0.25) is 0 Å². The zero-order valence-electron chi connectivity index (χ0n) is 14.0. The molecular weight excluding hydrogens is 336 g/mol. The third-order valence-electron chi connectivity index (χ3n) is 3.85. The normalized spacial score (nSPS) is 18.5. The van der Waals surface area contributed by atoms with Gasteiger partial charge in [0.15, 0.2) is 0 Å². The van der Waals surface area contributed by atoms with Gasteiger partial charge in [0.2, 0.25) is 0 Å². The number of amidine groups is 1. The second-order valence-corrected chi connectivity index (χ2v) is 5.74. The molecule has 0 bridgehead atoms. The van der Waals surface area contributed by atoms with Crippen molar-refractivity contribution in [3.63, 3.8) is 0 Å². The first-order chi connectivity index (χ1) is 12.5. The van der Waals surface area contributed by atoms with Crippen LogP contribution in [0.5, 0.6) is 0 Å². The van der Waals surface area contributed by atoms with Gasteiger partial charge in [-0.05, 0) is 19.1 Å². The molecule has 1 atom stereocenters. The van der Waals surface area contributed by atoms with Gasteiger partial charge in [0.05, 0.1) is 5.69 Å². The van der Waals surface area contributed by atoms with Crippen LogP contribution in [0.4, 0.5) is 5.82 Å². The Bertz CT molecular complexity index is 989. The molecule has 0 aliphatic carbocycles. The lowest BCUT2D eigenvalue weighted by molar-refractivity contribution is -0.118. The van der Waals surface area contributed by atoms with Crippen LogP contribution in [0.25, 0.3) is 0 Å². The maximum Gasteiger partial charge on any atom is 0.275 e. The molecule has 0 spiro atoms. The Labute approximate surface area is 148 Å². The zero-order chi connectivity index (χ0) is 18.3. The molecule has 2 amide bonds. The molecule has 4 heterocycles. The first-order valence-corrected chi connectivity index (χ1v) is 7.81. The minimum atomic E-state index is -0.577. The predicted molar refractivity (Wildman–Crippen MR) is 94.2 cm³/mol. The number of aryl methyl sites for hydroxylation is 1. The topological polar surface area (TPSA) is 117 Å². The number of aromatic nitrogens is 3. The van der Waals surface area contributed by atoms with Crippen molar-refractivity contribution in [3.8, 4) is 0 Å². The van der Waals surface area contributed by atoms with Crippen LogP contribution in [-0.4, -0.2) is 56.6 Å². The molecular formula is C16H14N8O2. The van der Waals surface area contributed by atoms with E-state index in [1.807, 2.05) is 0 Å². The lowest BCUT2D eigenvalue weighted by Gasteiger charge is -2.17. The second kappa shape index (κ2) is 5.99. The summed E-state index contributed by atoms with van der Waals surface area (Å²) in [5.74, 6) is -0.478. The van der Waals surface area contributed by atoms with E-state index >= 15 is 0 Å². The van der Waals surface area contributed by atoms with Gasteiger partial charge in [0, 0.05) is 25.5 Å². The molecule has 0 saturated carbocycles. The third kappa shape index (κ3) is 2.66. The number of nitrogens with one attached hydrogen (secondary N) is 1. The largest absolute Gasteiger partial charge is 0.305 e. The highest BCUT2D eigenvalue weighted by atomic mass is 16.2. The van der Waals surface area contributed by atoms with E-state index in [0.29, 0.717) is 17.3 Å². The molecule has 0 radical (unpaired) electrons. The summed E-state index contributed by atoms with van der Waals surface area (Å²) in [6, 6.07) is 6.70. The lowest BCUT2D eigenvalue weighted by atomic mass is 10.1. The van der Waals surface area contributed by atoms with Crippen LogP contribution in [-0.2, 0) is 4.79 Å². The standard InChI is InChI=1S/C16H14N8O2/c1-9-7-12(19-15(26)11-5-3-4-6-17-11)24(22-9)16-20-13-10(14(25)21-16)8-18-23(13)2/h3-8,10H,1-2H3,(H,19,26). The zero-order valence-corrected chi connectivity index (χ0v) is 14.0. The van der Waals surface area contributed by atoms with Gasteiger partial charge in [-0.15, -0.1) is 0 Å². The average molecular weight is 350 g/mol. The van der Waals surface area contributed by atoms with E-state index in [1.165, 1.54) is 22.1 Å². The maximum atomic E-state index is 12.4. The Morgan fingerprint density at radius 3 is 2.88 bits per heavy atom. The first kappa shape index (κ1) is 15.8. The Hall–Kier alpha value is -3.69. The van der Waals surface area contributed by atoms with Crippen LogP contribution in [0.1, 0.15) is 16.2 Å². The number of amides is 2. The number of hydrogen-bond acceptors (Lipinski definition) is 7. The van der Waals surface area contributed by atoms with Crippen molar-refractivity contribution in [2.45, 2.75) is 6.92 Å². The summed E-state index contributed by atoms with van der Waals surface area (Å²) in [4.78, 5) is 37.0. The summed E-state index contributed by atoms with van der Waals surface area (Å²) in [6.07, 6.45) is 3.03. The van der Waals surface area contributed by atoms with Crippen molar-refractivity contribution in [2.24, 2.45) is 21.0 Å². The van der Waals surface area contributed by atoms with E-state index in [2.05, 4.69) is 30.5 Å².